The van der Waals surface area contributed by atoms with Gasteiger partial charge in [-0.05, 0) is 18.6 Å². The summed E-state index contributed by atoms with van der Waals surface area (Å²) in [5, 5.41) is 9.12. The van der Waals surface area contributed by atoms with Gasteiger partial charge in [-0.1, -0.05) is 18.2 Å². The van der Waals surface area contributed by atoms with Gasteiger partial charge in [-0.15, -0.1) is 0 Å². The molecule has 0 aliphatic rings. The van der Waals surface area contributed by atoms with Crippen LogP contribution in [0.4, 0.5) is 8.78 Å². The topological polar surface area (TPSA) is 29.5 Å². The highest BCUT2D eigenvalue weighted by Crippen LogP contribution is 2.21. The molecule has 0 aromatic heterocycles. The highest BCUT2D eigenvalue weighted by atomic mass is 19.3. The second kappa shape index (κ2) is 4.91. The first kappa shape index (κ1) is 10.9. The number of ether oxygens (including phenoxy) is 1. The van der Waals surface area contributed by atoms with E-state index < -0.39 is 12.7 Å². The van der Waals surface area contributed by atoms with Crippen molar-refractivity contribution in [3.63, 3.8) is 0 Å². The molecule has 1 aromatic rings. The summed E-state index contributed by atoms with van der Waals surface area (Å²) in [5.41, 5.74) is 0.586. The largest absolute Gasteiger partial charge is 0.435 e. The molecule has 4 heteroatoms. The molecule has 0 saturated heterocycles. The van der Waals surface area contributed by atoms with Gasteiger partial charge in [0.15, 0.2) is 0 Å². The molecule has 0 aliphatic heterocycles. The summed E-state index contributed by atoms with van der Waals surface area (Å²) in [6, 6.07) is 6.45. The molecule has 1 unspecified atom stereocenters. The van der Waals surface area contributed by atoms with Gasteiger partial charge in [0, 0.05) is 6.42 Å². The Morgan fingerprint density at radius 3 is 2.57 bits per heavy atom. The zero-order valence-electron chi connectivity index (χ0n) is 7.78. The molecule has 0 fully saturated rings. The quantitative estimate of drug-likeness (QED) is 0.811. The molecule has 0 amide bonds. The van der Waals surface area contributed by atoms with Crippen molar-refractivity contribution in [3.8, 4) is 5.75 Å². The molecule has 14 heavy (non-hydrogen) atoms. The summed E-state index contributed by atoms with van der Waals surface area (Å²) in [4.78, 5) is 0. The molecule has 1 rings (SSSR count). The van der Waals surface area contributed by atoms with Crippen LogP contribution in [0.25, 0.3) is 0 Å². The van der Waals surface area contributed by atoms with E-state index in [-0.39, 0.29) is 5.75 Å². The molecule has 0 bridgehead atoms. The second-order valence-corrected chi connectivity index (χ2v) is 3.04. The van der Waals surface area contributed by atoms with Crippen LogP contribution in [0, 0.1) is 0 Å². The number of halogens is 2. The van der Waals surface area contributed by atoms with E-state index in [0.717, 1.165) is 0 Å². The van der Waals surface area contributed by atoms with Gasteiger partial charge in [0.05, 0.1) is 6.10 Å². The van der Waals surface area contributed by atoms with Crippen LogP contribution in [0.1, 0.15) is 12.5 Å². The number of para-hydroxylation sites is 1. The average Bonchev–Trinajstić information content (AvgIpc) is 2.06. The van der Waals surface area contributed by atoms with Crippen LogP contribution in [0.3, 0.4) is 0 Å². The van der Waals surface area contributed by atoms with Crippen molar-refractivity contribution < 1.29 is 18.6 Å². The average molecular weight is 202 g/mol. The van der Waals surface area contributed by atoms with Gasteiger partial charge in [-0.2, -0.15) is 8.78 Å². The number of alkyl halides is 2. The monoisotopic (exact) mass is 202 g/mol. The van der Waals surface area contributed by atoms with Gasteiger partial charge in [0.2, 0.25) is 0 Å². The summed E-state index contributed by atoms with van der Waals surface area (Å²) in [6.07, 6.45) is -0.263. The lowest BCUT2D eigenvalue weighted by molar-refractivity contribution is -0.0506. The van der Waals surface area contributed by atoms with E-state index in [1.165, 1.54) is 6.07 Å². The Morgan fingerprint density at radius 1 is 1.36 bits per heavy atom. The first-order valence-corrected chi connectivity index (χ1v) is 4.30. The van der Waals surface area contributed by atoms with Gasteiger partial charge in [0.25, 0.3) is 0 Å². The molecular formula is C10H12F2O2. The van der Waals surface area contributed by atoms with E-state index in [0.29, 0.717) is 12.0 Å². The Hall–Kier alpha value is -1.16. The molecular weight excluding hydrogens is 190 g/mol. The minimum absolute atomic E-state index is 0.128. The molecule has 2 nitrogen and oxygen atoms in total. The summed E-state index contributed by atoms with van der Waals surface area (Å²) in [6.45, 7) is -1.23. The Bertz CT molecular complexity index is 258. The fourth-order valence-corrected chi connectivity index (χ4v) is 1.20. The van der Waals surface area contributed by atoms with Crippen LogP contribution in [0.15, 0.2) is 24.3 Å². The fraction of sp³-hybridized carbons (Fsp3) is 0.400. The predicted octanol–water partition coefficient (Wildman–Crippen LogP) is 2.21. The summed E-state index contributed by atoms with van der Waals surface area (Å²) in [5.74, 6) is 0.128. The Labute approximate surface area is 81.1 Å². The maximum absolute atomic E-state index is 12.0. The van der Waals surface area contributed by atoms with Gasteiger partial charge in [-0.3, -0.25) is 0 Å². The van der Waals surface area contributed by atoms with Crippen molar-refractivity contribution in [1.29, 1.82) is 0 Å². The smallest absolute Gasteiger partial charge is 0.387 e. The molecule has 1 aromatic carbocycles. The van der Waals surface area contributed by atoms with Crippen molar-refractivity contribution >= 4 is 0 Å². The van der Waals surface area contributed by atoms with E-state index >= 15 is 0 Å². The fourth-order valence-electron chi connectivity index (χ4n) is 1.20. The lowest BCUT2D eigenvalue weighted by Gasteiger charge is -2.11. The number of rotatable bonds is 4. The maximum atomic E-state index is 12.0. The Morgan fingerprint density at radius 2 is 2.00 bits per heavy atom. The van der Waals surface area contributed by atoms with Gasteiger partial charge >= 0.3 is 6.61 Å². The molecule has 0 aliphatic carbocycles. The maximum Gasteiger partial charge on any atom is 0.387 e. The third-order valence-corrected chi connectivity index (χ3v) is 1.70. The summed E-state index contributed by atoms with van der Waals surface area (Å²) < 4.78 is 28.2. The van der Waals surface area contributed by atoms with E-state index in [4.69, 9.17) is 5.11 Å². The Balaban J connectivity index is 2.80. The molecule has 0 radical (unpaired) electrons. The van der Waals surface area contributed by atoms with Crippen LogP contribution >= 0.6 is 0 Å². The first-order valence-electron chi connectivity index (χ1n) is 4.30. The molecule has 78 valence electrons. The molecule has 0 saturated carbocycles. The Kier molecular flexibility index (Phi) is 3.83. The minimum atomic E-state index is -2.83. The molecule has 1 N–H and O–H groups in total. The van der Waals surface area contributed by atoms with E-state index in [2.05, 4.69) is 4.74 Å². The normalized spacial score (nSPS) is 12.9. The summed E-state index contributed by atoms with van der Waals surface area (Å²) in [7, 11) is 0. The van der Waals surface area contributed by atoms with Gasteiger partial charge < -0.3 is 9.84 Å². The SMILES string of the molecule is CC(O)Cc1ccccc1OC(F)F. The van der Waals surface area contributed by atoms with Crippen LogP contribution < -0.4 is 4.74 Å². The predicted molar refractivity (Wildman–Crippen MR) is 48.5 cm³/mol. The number of aliphatic hydroxyl groups excluding tert-OH is 1. The van der Waals surface area contributed by atoms with Crippen LogP contribution in [0.5, 0.6) is 5.75 Å². The summed E-state index contributed by atoms with van der Waals surface area (Å²) >= 11 is 0. The van der Waals surface area contributed by atoms with E-state index in [9.17, 15) is 8.78 Å². The van der Waals surface area contributed by atoms with Gasteiger partial charge in [-0.25, -0.2) is 0 Å². The highest BCUT2D eigenvalue weighted by molar-refractivity contribution is 5.33. The van der Waals surface area contributed by atoms with Crippen molar-refractivity contribution in [2.24, 2.45) is 0 Å². The van der Waals surface area contributed by atoms with Crippen molar-refractivity contribution in [2.45, 2.75) is 26.1 Å². The minimum Gasteiger partial charge on any atom is -0.435 e. The van der Waals surface area contributed by atoms with Gasteiger partial charge in [0.1, 0.15) is 5.75 Å². The highest BCUT2D eigenvalue weighted by Gasteiger charge is 2.10. The van der Waals surface area contributed by atoms with E-state index in [1.54, 1.807) is 25.1 Å². The zero-order valence-corrected chi connectivity index (χ0v) is 7.78. The zero-order chi connectivity index (χ0) is 10.6. The van der Waals surface area contributed by atoms with Crippen molar-refractivity contribution in [3.05, 3.63) is 29.8 Å². The van der Waals surface area contributed by atoms with Crippen LogP contribution in [-0.4, -0.2) is 17.8 Å². The van der Waals surface area contributed by atoms with Crippen molar-refractivity contribution in [2.75, 3.05) is 0 Å². The second-order valence-electron chi connectivity index (χ2n) is 3.04. The standard InChI is InChI=1S/C10H12F2O2/c1-7(13)6-8-4-2-3-5-9(8)14-10(11)12/h2-5,7,10,13H,6H2,1H3. The molecule has 0 spiro atoms. The lowest BCUT2D eigenvalue weighted by Crippen LogP contribution is -2.09. The first-order chi connectivity index (χ1) is 6.59. The van der Waals surface area contributed by atoms with Crippen LogP contribution in [-0.2, 0) is 6.42 Å². The lowest BCUT2D eigenvalue weighted by atomic mass is 10.1. The molecule has 1 atom stereocenters. The van der Waals surface area contributed by atoms with Crippen molar-refractivity contribution in [1.82, 2.24) is 0 Å². The number of hydrogen-bond acceptors (Lipinski definition) is 2. The number of hydrogen-bond donors (Lipinski definition) is 1. The van der Waals surface area contributed by atoms with E-state index in [1.807, 2.05) is 0 Å². The third kappa shape index (κ3) is 3.30. The number of benzene rings is 1. The third-order valence-electron chi connectivity index (χ3n) is 1.70. The number of aliphatic hydroxyl groups is 1. The molecule has 0 heterocycles. The van der Waals surface area contributed by atoms with Crippen LogP contribution in [0.2, 0.25) is 0 Å².